The highest BCUT2D eigenvalue weighted by atomic mass is 32.2. The van der Waals surface area contributed by atoms with Gasteiger partial charge in [0.25, 0.3) is 0 Å². The Morgan fingerprint density at radius 2 is 1.65 bits per heavy atom. The van der Waals surface area contributed by atoms with E-state index in [0.29, 0.717) is 28.3 Å². The summed E-state index contributed by atoms with van der Waals surface area (Å²) >= 11 is 0. The van der Waals surface area contributed by atoms with Crippen LogP contribution in [0.5, 0.6) is 5.75 Å². The number of nitrogens with zero attached hydrogens (tertiary/aromatic N) is 4. The molecule has 0 unspecified atom stereocenters. The first-order valence-electron chi connectivity index (χ1n) is 14.8. The molecule has 9 nitrogen and oxygen atoms in total. The molecule has 0 spiro atoms. The van der Waals surface area contributed by atoms with Crippen LogP contribution in [0.4, 0.5) is 0 Å². The van der Waals surface area contributed by atoms with Crippen LogP contribution in [-0.2, 0) is 19.6 Å². The number of rotatable bonds is 12. The van der Waals surface area contributed by atoms with Gasteiger partial charge in [-0.1, -0.05) is 13.8 Å². The van der Waals surface area contributed by atoms with Gasteiger partial charge >= 0.3 is 0 Å². The first kappa shape index (κ1) is 32.8. The molecule has 1 heterocycles. The van der Waals surface area contributed by atoms with Gasteiger partial charge < -0.3 is 14.4 Å². The Morgan fingerprint density at radius 3 is 2.20 bits per heavy atom. The summed E-state index contributed by atoms with van der Waals surface area (Å²) in [6.07, 6.45) is 4.27. The average molecular weight is 581 g/mol. The van der Waals surface area contributed by atoms with Crippen molar-refractivity contribution in [3.8, 4) is 5.75 Å². The van der Waals surface area contributed by atoms with Crippen LogP contribution in [0.25, 0.3) is 0 Å². The van der Waals surface area contributed by atoms with E-state index in [1.54, 1.807) is 33.2 Å². The number of piperazine rings is 1. The molecule has 0 aromatic heterocycles. The monoisotopic (exact) mass is 580 g/mol. The van der Waals surface area contributed by atoms with Crippen molar-refractivity contribution in [2.45, 2.75) is 89.2 Å². The number of aryl methyl sites for hydroxylation is 1. The number of sulfonamides is 1. The van der Waals surface area contributed by atoms with Crippen molar-refractivity contribution in [1.82, 2.24) is 19.0 Å². The lowest BCUT2D eigenvalue weighted by Gasteiger charge is -2.44. The Morgan fingerprint density at radius 1 is 1.02 bits per heavy atom. The van der Waals surface area contributed by atoms with E-state index in [1.807, 2.05) is 25.8 Å². The summed E-state index contributed by atoms with van der Waals surface area (Å²) < 4.78 is 39.2. The lowest BCUT2D eigenvalue weighted by atomic mass is 9.89. The largest absolute Gasteiger partial charge is 0.497 e. The zero-order valence-corrected chi connectivity index (χ0v) is 26.8. The van der Waals surface area contributed by atoms with E-state index in [4.69, 9.17) is 9.47 Å². The summed E-state index contributed by atoms with van der Waals surface area (Å²) in [4.78, 5) is 20.2. The fourth-order valence-electron chi connectivity index (χ4n) is 6.03. The van der Waals surface area contributed by atoms with Gasteiger partial charge in [0.2, 0.25) is 15.9 Å². The van der Waals surface area contributed by atoms with E-state index in [9.17, 15) is 13.2 Å². The van der Waals surface area contributed by atoms with Gasteiger partial charge in [-0.05, 0) is 75.6 Å². The minimum Gasteiger partial charge on any atom is -0.497 e. The van der Waals surface area contributed by atoms with Gasteiger partial charge in [-0.25, -0.2) is 8.42 Å². The zero-order valence-electron chi connectivity index (χ0n) is 26.0. The topological polar surface area (TPSA) is 82.6 Å². The van der Waals surface area contributed by atoms with Crippen LogP contribution in [0, 0.1) is 6.92 Å². The van der Waals surface area contributed by atoms with Crippen LogP contribution in [0.2, 0.25) is 0 Å². The molecule has 0 bridgehead atoms. The summed E-state index contributed by atoms with van der Waals surface area (Å²) in [6.45, 7) is 15.1. The first-order valence-corrected chi connectivity index (χ1v) is 16.3. The Balaban J connectivity index is 1.44. The molecule has 228 valence electrons. The Hall–Kier alpha value is -1.72. The lowest BCUT2D eigenvalue weighted by Crippen LogP contribution is -2.53. The summed E-state index contributed by atoms with van der Waals surface area (Å²) in [6, 6.07) is 5.01. The van der Waals surface area contributed by atoms with Gasteiger partial charge in [-0.3, -0.25) is 14.6 Å². The van der Waals surface area contributed by atoms with Crippen molar-refractivity contribution in [3.05, 3.63) is 23.3 Å². The highest BCUT2D eigenvalue weighted by Crippen LogP contribution is 2.33. The van der Waals surface area contributed by atoms with Gasteiger partial charge in [0.1, 0.15) is 12.4 Å². The molecule has 1 saturated carbocycles. The molecule has 1 saturated heterocycles. The number of ether oxygens (including phenoxy) is 2. The molecule has 40 heavy (non-hydrogen) atoms. The van der Waals surface area contributed by atoms with E-state index in [-0.39, 0.29) is 37.6 Å². The summed E-state index contributed by atoms with van der Waals surface area (Å²) in [5.41, 5.74) is 1.38. The van der Waals surface area contributed by atoms with Gasteiger partial charge in [0.15, 0.2) is 0 Å². The van der Waals surface area contributed by atoms with Gasteiger partial charge in [0.05, 0.1) is 18.6 Å². The van der Waals surface area contributed by atoms with Gasteiger partial charge in [-0.2, -0.15) is 4.31 Å². The third-order valence-electron chi connectivity index (χ3n) is 8.78. The maximum Gasteiger partial charge on any atom is 0.248 e. The zero-order chi connectivity index (χ0) is 29.6. The molecule has 1 aliphatic carbocycles. The molecule has 1 aliphatic heterocycles. The van der Waals surface area contributed by atoms with E-state index in [0.717, 1.165) is 57.4 Å². The number of likely N-dealkylation sites (N-methyl/N-ethyl adjacent to an activating group) is 2. The molecule has 2 fully saturated rings. The molecule has 2 aliphatic rings. The Kier molecular flexibility index (Phi) is 11.8. The molecule has 10 heteroatoms. The van der Waals surface area contributed by atoms with Crippen molar-refractivity contribution in [2.75, 3.05) is 67.1 Å². The van der Waals surface area contributed by atoms with Crippen molar-refractivity contribution in [2.24, 2.45) is 0 Å². The maximum absolute atomic E-state index is 13.5. The van der Waals surface area contributed by atoms with Crippen LogP contribution in [0.15, 0.2) is 17.0 Å². The van der Waals surface area contributed by atoms with E-state index in [1.165, 1.54) is 4.31 Å². The third-order valence-corrected chi connectivity index (χ3v) is 10.9. The number of carbonyl (C=O) groups excluding carboxylic acids is 1. The second-order valence-electron chi connectivity index (χ2n) is 12.0. The van der Waals surface area contributed by atoms with Gasteiger partial charge in [0, 0.05) is 64.9 Å². The van der Waals surface area contributed by atoms with Crippen LogP contribution >= 0.6 is 0 Å². The van der Waals surface area contributed by atoms with Crippen molar-refractivity contribution in [1.29, 1.82) is 0 Å². The quantitative estimate of drug-likeness (QED) is 0.350. The fraction of sp³-hybridized carbons (Fsp3) is 0.767. The van der Waals surface area contributed by atoms with Gasteiger partial charge in [-0.15, -0.1) is 0 Å². The van der Waals surface area contributed by atoms with Crippen LogP contribution in [0.1, 0.15) is 70.4 Å². The summed E-state index contributed by atoms with van der Waals surface area (Å²) in [5.74, 6) is 0.612. The molecular formula is C30H52N4O5S. The summed E-state index contributed by atoms with van der Waals surface area (Å²) in [5, 5.41) is 0. The van der Waals surface area contributed by atoms with Crippen LogP contribution in [-0.4, -0.2) is 119 Å². The van der Waals surface area contributed by atoms with E-state index >= 15 is 0 Å². The number of hydrogen-bond donors (Lipinski definition) is 0. The highest BCUT2D eigenvalue weighted by Gasteiger charge is 2.32. The number of benzene rings is 1. The number of amides is 1. The SMILES string of the molecule is COc1cc(C)c(S(=O)(=O)N(C)CCOCC(=O)N(C)C2CCC(N3CCN(C(C)C)CC3)CC2)c(C(C)C)c1. The average Bonchev–Trinajstić information content (AvgIpc) is 2.94. The number of hydrogen-bond acceptors (Lipinski definition) is 7. The van der Waals surface area contributed by atoms with Crippen molar-refractivity contribution < 1.29 is 22.7 Å². The van der Waals surface area contributed by atoms with Crippen molar-refractivity contribution in [3.63, 3.8) is 0 Å². The Labute approximate surface area is 242 Å². The normalized spacial score (nSPS) is 21.4. The molecule has 0 N–H and O–H groups in total. The molecule has 1 aromatic rings. The molecule has 1 aromatic carbocycles. The molecule has 0 radical (unpaired) electrons. The van der Waals surface area contributed by atoms with E-state index in [2.05, 4.69) is 23.6 Å². The Bertz CT molecular complexity index is 1080. The highest BCUT2D eigenvalue weighted by molar-refractivity contribution is 7.89. The van der Waals surface area contributed by atoms with Crippen LogP contribution in [0.3, 0.4) is 0 Å². The number of methoxy groups -OCH3 is 1. The minimum atomic E-state index is -3.73. The van der Waals surface area contributed by atoms with E-state index < -0.39 is 10.0 Å². The lowest BCUT2D eigenvalue weighted by molar-refractivity contribution is -0.137. The first-order chi connectivity index (χ1) is 18.9. The smallest absolute Gasteiger partial charge is 0.248 e. The second-order valence-corrected chi connectivity index (χ2v) is 14.0. The predicted octanol–water partition coefficient (Wildman–Crippen LogP) is 3.56. The van der Waals surface area contributed by atoms with Crippen LogP contribution < -0.4 is 4.74 Å². The molecular weight excluding hydrogens is 528 g/mol. The fourth-order valence-corrected chi connectivity index (χ4v) is 7.71. The summed E-state index contributed by atoms with van der Waals surface area (Å²) in [7, 11) is 1.28. The van der Waals surface area contributed by atoms with Crippen molar-refractivity contribution >= 4 is 15.9 Å². The molecule has 1 amide bonds. The maximum atomic E-state index is 13.5. The third kappa shape index (κ3) is 7.97. The minimum absolute atomic E-state index is 0.0153. The standard InChI is InChI=1S/C30H52N4O5S/c1-22(2)28-20-27(38-8)19-24(5)30(28)40(36,37)31(6)17-18-39-21-29(35)32(7)25-9-11-26(12-10-25)34-15-13-33(14-16-34)23(3)4/h19-20,22-23,25-26H,9-18,21H2,1-8H3. The predicted molar refractivity (Wildman–Crippen MR) is 160 cm³/mol. The number of carbonyl (C=O) groups is 1. The second kappa shape index (κ2) is 14.4. The molecule has 3 rings (SSSR count). The molecule has 0 atom stereocenters.